The van der Waals surface area contributed by atoms with Gasteiger partial charge in [-0.15, -0.1) is 0 Å². The third-order valence-electron chi connectivity index (χ3n) is 0.837. The van der Waals surface area contributed by atoms with Gasteiger partial charge in [-0.25, -0.2) is 0 Å². The predicted octanol–water partition coefficient (Wildman–Crippen LogP) is -0.256. The molecule has 0 aromatic carbocycles. The average molecular weight is 108 g/mol. The molecule has 3 heteroatoms. The van der Waals surface area contributed by atoms with Gasteiger partial charge in [0.2, 0.25) is 7.48 Å². The van der Waals surface area contributed by atoms with Gasteiger partial charge in [-0.3, -0.25) is 4.79 Å². The van der Waals surface area contributed by atoms with E-state index in [1.807, 2.05) is 0 Å². The van der Waals surface area contributed by atoms with Crippen molar-refractivity contribution >= 4 is 13.8 Å². The van der Waals surface area contributed by atoms with Crippen LogP contribution in [-0.2, 0) is 4.79 Å². The normalized spacial score (nSPS) is 21.2. The lowest BCUT2D eigenvalue weighted by atomic mass is 9.90. The fourth-order valence-corrected chi connectivity index (χ4v) is 0.478. The van der Waals surface area contributed by atoms with Gasteiger partial charge in [0.05, 0.1) is 0 Å². The molecule has 0 unspecified atom stereocenters. The van der Waals surface area contributed by atoms with E-state index in [1.165, 1.54) is 6.08 Å². The first-order valence-electron chi connectivity index (χ1n) is 2.28. The van der Waals surface area contributed by atoms with Crippen molar-refractivity contribution in [2.45, 2.75) is 0 Å². The number of aliphatic hydroxyl groups is 1. The number of carbonyl (C=O) groups is 1. The summed E-state index contributed by atoms with van der Waals surface area (Å²) in [5.41, 5.74) is 0.861. The summed E-state index contributed by atoms with van der Waals surface area (Å²) < 4.78 is 3.75. The molecule has 1 rings (SSSR count). The first-order valence-corrected chi connectivity index (χ1v) is 2.28. The number of aldehydes is 1. The third kappa shape index (κ3) is 0.995. The zero-order valence-corrected chi connectivity index (χ0v) is 4.24. The Hall–Kier alpha value is -0.985. The Morgan fingerprint density at radius 3 is 3.12 bits per heavy atom. The summed E-state index contributed by atoms with van der Waals surface area (Å²) in [6, 6.07) is 0. The number of hydrogen-bond acceptors (Lipinski definition) is 1. The first kappa shape index (κ1) is 5.16. The van der Waals surface area contributed by atoms with Gasteiger partial charge in [-0.1, -0.05) is 6.08 Å². The van der Waals surface area contributed by atoms with Crippen molar-refractivity contribution in [2.75, 3.05) is 0 Å². The Morgan fingerprint density at radius 1 is 1.75 bits per heavy atom. The number of allylic oxidation sites excluding steroid dienone is 3. The Kier molecular flexibility index (Phi) is 1.52. The second-order valence-electron chi connectivity index (χ2n) is 1.40. The maximum atomic E-state index is 9.79. The summed E-state index contributed by atoms with van der Waals surface area (Å²) in [4.78, 5) is 9.79. The van der Waals surface area contributed by atoms with Crippen molar-refractivity contribution < 1.29 is 9.45 Å². The summed E-state index contributed by atoms with van der Waals surface area (Å²) in [6.07, 6.45) is 5.63. The van der Waals surface area contributed by atoms with Crippen LogP contribution in [0.1, 0.15) is 0 Å². The SMILES string of the molecule is O=C/C=C1/[B-][OH+]C=C1. The van der Waals surface area contributed by atoms with Crippen LogP contribution in [0.25, 0.3) is 0 Å². The minimum atomic E-state index is 0.747. The lowest BCUT2D eigenvalue weighted by molar-refractivity contribution is -0.104. The molecule has 0 atom stereocenters. The topological polar surface area (TPSA) is 29.9 Å². The molecule has 1 aliphatic heterocycles. The van der Waals surface area contributed by atoms with Gasteiger partial charge in [-0.05, 0) is 6.08 Å². The largest absolute Gasteiger partial charge is 0.866 e. The molecular formula is C5H5BO2. The molecule has 0 aromatic heterocycles. The van der Waals surface area contributed by atoms with E-state index in [-0.39, 0.29) is 0 Å². The third-order valence-corrected chi connectivity index (χ3v) is 0.837. The van der Waals surface area contributed by atoms with Gasteiger partial charge in [0.25, 0.3) is 0 Å². The van der Waals surface area contributed by atoms with E-state index >= 15 is 0 Å². The Bertz CT molecular complexity index is 149. The molecule has 2 nitrogen and oxygen atoms in total. The molecule has 0 spiro atoms. The van der Waals surface area contributed by atoms with Crippen LogP contribution in [0.4, 0.5) is 0 Å². The van der Waals surface area contributed by atoms with E-state index in [1.54, 1.807) is 19.8 Å². The highest BCUT2D eigenvalue weighted by Gasteiger charge is 1.91. The van der Waals surface area contributed by atoms with Crippen LogP contribution in [0.15, 0.2) is 23.9 Å². The maximum absolute atomic E-state index is 9.79. The van der Waals surface area contributed by atoms with E-state index in [0.717, 1.165) is 11.8 Å². The van der Waals surface area contributed by atoms with Crippen LogP contribution in [0.5, 0.6) is 0 Å². The molecule has 2 radical (unpaired) electrons. The molecule has 0 bridgehead atoms. The summed E-state index contributed by atoms with van der Waals surface area (Å²) in [5.74, 6) is 0. The highest BCUT2D eigenvalue weighted by atomic mass is 16.4. The van der Waals surface area contributed by atoms with Crippen molar-refractivity contribution in [2.24, 2.45) is 0 Å². The average Bonchev–Trinajstić information content (AvgIpc) is 2.19. The quantitative estimate of drug-likeness (QED) is 0.197. The Balaban J connectivity index is 2.58. The highest BCUT2D eigenvalue weighted by molar-refractivity contribution is 6.40. The molecule has 0 saturated carbocycles. The molecule has 0 aromatic rings. The second kappa shape index (κ2) is 2.35. The fraction of sp³-hybridized carbons (Fsp3) is 0. The lowest BCUT2D eigenvalue weighted by Crippen LogP contribution is -1.92. The molecule has 1 aliphatic rings. The number of carbonyl (C=O) groups excluding carboxylic acids is 1. The summed E-state index contributed by atoms with van der Waals surface area (Å²) in [5, 5.41) is 0. The number of hydrogen-bond donors (Lipinski definition) is 0. The Labute approximate surface area is 48.1 Å². The second-order valence-corrected chi connectivity index (χ2v) is 1.40. The monoisotopic (exact) mass is 108 g/mol. The van der Waals surface area contributed by atoms with Crippen molar-refractivity contribution in [1.82, 2.24) is 0 Å². The minimum absolute atomic E-state index is 0.747. The van der Waals surface area contributed by atoms with Crippen LogP contribution in [0.2, 0.25) is 0 Å². The molecule has 1 heterocycles. The molecule has 0 fully saturated rings. The van der Waals surface area contributed by atoms with E-state index in [0.29, 0.717) is 0 Å². The molecule has 8 heavy (non-hydrogen) atoms. The smallest absolute Gasteiger partial charge is 0.217 e. The van der Waals surface area contributed by atoms with Crippen LogP contribution >= 0.6 is 0 Å². The van der Waals surface area contributed by atoms with Gasteiger partial charge >= 0.3 is 0 Å². The lowest BCUT2D eigenvalue weighted by Gasteiger charge is -2.00. The van der Waals surface area contributed by atoms with E-state index in [4.69, 9.17) is 0 Å². The standard InChI is InChI=1S/C5H5BO2/c7-3-1-5-2-4-8-6-5/h1-4,8H/b5-1+. The summed E-state index contributed by atoms with van der Waals surface area (Å²) >= 11 is 0. The van der Waals surface area contributed by atoms with Crippen molar-refractivity contribution in [3.05, 3.63) is 23.9 Å². The molecule has 0 amide bonds. The van der Waals surface area contributed by atoms with Crippen LogP contribution in [0, 0.1) is 0 Å². The first-order chi connectivity index (χ1) is 3.93. The van der Waals surface area contributed by atoms with E-state index in [9.17, 15) is 4.79 Å². The zero-order valence-electron chi connectivity index (χ0n) is 4.24. The highest BCUT2D eigenvalue weighted by Crippen LogP contribution is 1.98. The Morgan fingerprint density at radius 2 is 2.62 bits per heavy atom. The summed E-state index contributed by atoms with van der Waals surface area (Å²) in [6.45, 7) is 0. The van der Waals surface area contributed by atoms with Gasteiger partial charge < -0.3 is 4.65 Å². The zero-order chi connectivity index (χ0) is 5.82. The summed E-state index contributed by atoms with van der Waals surface area (Å²) in [7, 11) is 1.63. The van der Waals surface area contributed by atoms with Gasteiger partial charge in [0.1, 0.15) is 6.29 Å². The van der Waals surface area contributed by atoms with Gasteiger partial charge in [0, 0.05) is 0 Å². The molecule has 0 saturated heterocycles. The van der Waals surface area contributed by atoms with Crippen LogP contribution in [0.3, 0.4) is 0 Å². The fourth-order valence-electron chi connectivity index (χ4n) is 0.478. The van der Waals surface area contributed by atoms with Crippen LogP contribution < -0.4 is 0 Å². The van der Waals surface area contributed by atoms with Crippen molar-refractivity contribution in [1.29, 1.82) is 0 Å². The number of rotatable bonds is 1. The molecule has 1 N–H and O–H groups in total. The molecule has 0 aliphatic carbocycles. The van der Waals surface area contributed by atoms with Gasteiger partial charge in [0.15, 0.2) is 6.26 Å². The van der Waals surface area contributed by atoms with Crippen molar-refractivity contribution in [3.8, 4) is 0 Å². The van der Waals surface area contributed by atoms with E-state index < -0.39 is 0 Å². The maximum Gasteiger partial charge on any atom is 0.217 e. The van der Waals surface area contributed by atoms with E-state index in [2.05, 4.69) is 4.65 Å². The predicted molar refractivity (Wildman–Crippen MR) is 31.3 cm³/mol. The van der Waals surface area contributed by atoms with Crippen molar-refractivity contribution in [3.63, 3.8) is 0 Å². The molecular weight excluding hydrogens is 103 g/mol. The van der Waals surface area contributed by atoms with Gasteiger partial charge in [-0.2, -0.15) is 5.47 Å². The van der Waals surface area contributed by atoms with Crippen LogP contribution in [-0.4, -0.2) is 18.4 Å². The molecule has 40 valence electrons. The minimum Gasteiger partial charge on any atom is -0.866 e.